The molecule has 0 radical (unpaired) electrons. The highest BCUT2D eigenvalue weighted by Crippen LogP contribution is 2.28. The quantitative estimate of drug-likeness (QED) is 0.859. The molecular weight excluding hydrogens is 325 g/mol. The zero-order chi connectivity index (χ0) is 14.5. The molecule has 20 heavy (non-hydrogen) atoms. The second-order valence-electron chi connectivity index (χ2n) is 5.42. The van der Waals surface area contributed by atoms with Crippen LogP contribution in [0.5, 0.6) is 0 Å². The summed E-state index contributed by atoms with van der Waals surface area (Å²) in [6, 6.07) is 4.70. The molecule has 1 aliphatic carbocycles. The number of hydrogen-bond acceptors (Lipinski definition) is 2. The summed E-state index contributed by atoms with van der Waals surface area (Å²) in [5.41, 5.74) is 1.03. The Morgan fingerprint density at radius 1 is 1.35 bits per heavy atom. The highest BCUT2D eigenvalue weighted by Gasteiger charge is 2.25. The molecule has 1 fully saturated rings. The SMILES string of the molecule is O=C(O)C1CCC(CNCc2ccc(F)cc2Br)CC1. The lowest BCUT2D eigenvalue weighted by atomic mass is 9.82. The number of benzene rings is 1. The first kappa shape index (κ1) is 15.4. The molecule has 3 nitrogen and oxygen atoms in total. The smallest absolute Gasteiger partial charge is 0.306 e. The molecule has 0 unspecified atom stereocenters. The fourth-order valence-electron chi connectivity index (χ4n) is 2.69. The predicted octanol–water partition coefficient (Wildman–Crippen LogP) is 3.57. The molecule has 0 atom stereocenters. The van der Waals surface area contributed by atoms with Crippen LogP contribution in [0.25, 0.3) is 0 Å². The molecule has 1 aromatic carbocycles. The summed E-state index contributed by atoms with van der Waals surface area (Å²) in [5.74, 6) is -0.512. The summed E-state index contributed by atoms with van der Waals surface area (Å²) in [4.78, 5) is 10.9. The topological polar surface area (TPSA) is 49.3 Å². The third kappa shape index (κ3) is 4.28. The van der Waals surface area contributed by atoms with Gasteiger partial charge in [0.05, 0.1) is 5.92 Å². The Morgan fingerprint density at radius 3 is 2.65 bits per heavy atom. The number of carboxylic acid groups (broad SMARTS) is 1. The summed E-state index contributed by atoms with van der Waals surface area (Å²) in [7, 11) is 0. The molecule has 0 amide bonds. The molecule has 110 valence electrons. The Hall–Kier alpha value is -0.940. The van der Waals surface area contributed by atoms with E-state index in [1.807, 2.05) is 0 Å². The van der Waals surface area contributed by atoms with Crippen molar-refractivity contribution in [3.63, 3.8) is 0 Å². The lowest BCUT2D eigenvalue weighted by molar-refractivity contribution is -0.143. The highest BCUT2D eigenvalue weighted by molar-refractivity contribution is 9.10. The Bertz CT molecular complexity index is 473. The molecule has 0 aliphatic heterocycles. The zero-order valence-corrected chi connectivity index (χ0v) is 12.8. The first-order chi connectivity index (χ1) is 9.56. The van der Waals surface area contributed by atoms with Crippen LogP contribution < -0.4 is 5.32 Å². The minimum absolute atomic E-state index is 0.155. The number of carboxylic acids is 1. The third-order valence-electron chi connectivity index (χ3n) is 3.96. The van der Waals surface area contributed by atoms with Crippen LogP contribution in [0, 0.1) is 17.7 Å². The number of halogens is 2. The monoisotopic (exact) mass is 343 g/mol. The van der Waals surface area contributed by atoms with Gasteiger partial charge in [-0.2, -0.15) is 0 Å². The summed E-state index contributed by atoms with van der Waals surface area (Å²) in [6.45, 7) is 1.58. The van der Waals surface area contributed by atoms with Crippen molar-refractivity contribution in [2.75, 3.05) is 6.54 Å². The van der Waals surface area contributed by atoms with Crippen LogP contribution in [-0.4, -0.2) is 17.6 Å². The second kappa shape index (κ2) is 7.18. The molecule has 0 bridgehead atoms. The average Bonchev–Trinajstić information content (AvgIpc) is 2.42. The minimum Gasteiger partial charge on any atom is -0.481 e. The predicted molar refractivity (Wildman–Crippen MR) is 78.9 cm³/mol. The van der Waals surface area contributed by atoms with Crippen molar-refractivity contribution >= 4 is 21.9 Å². The number of hydrogen-bond donors (Lipinski definition) is 2. The fourth-order valence-corrected chi connectivity index (χ4v) is 3.18. The van der Waals surface area contributed by atoms with Crippen molar-refractivity contribution in [3.05, 3.63) is 34.1 Å². The van der Waals surface area contributed by atoms with Crippen molar-refractivity contribution in [2.45, 2.75) is 32.2 Å². The third-order valence-corrected chi connectivity index (χ3v) is 4.70. The maximum absolute atomic E-state index is 13.0. The van der Waals surface area contributed by atoms with E-state index in [9.17, 15) is 9.18 Å². The van der Waals surface area contributed by atoms with E-state index in [4.69, 9.17) is 5.11 Å². The van der Waals surface area contributed by atoms with Crippen LogP contribution in [0.15, 0.2) is 22.7 Å². The summed E-state index contributed by atoms with van der Waals surface area (Å²) >= 11 is 3.35. The van der Waals surface area contributed by atoms with Crippen molar-refractivity contribution in [2.24, 2.45) is 11.8 Å². The van der Waals surface area contributed by atoms with Gasteiger partial charge in [0.25, 0.3) is 0 Å². The van der Waals surface area contributed by atoms with Gasteiger partial charge in [0.2, 0.25) is 0 Å². The largest absolute Gasteiger partial charge is 0.481 e. The molecule has 2 N–H and O–H groups in total. The van der Waals surface area contributed by atoms with E-state index >= 15 is 0 Å². The van der Waals surface area contributed by atoms with Crippen LogP contribution in [0.1, 0.15) is 31.2 Å². The first-order valence-electron chi connectivity index (χ1n) is 6.93. The van der Waals surface area contributed by atoms with Gasteiger partial charge in [-0.05, 0) is 55.8 Å². The molecule has 1 aliphatic rings. The molecule has 1 aromatic rings. The average molecular weight is 344 g/mol. The van der Waals surface area contributed by atoms with E-state index in [0.717, 1.165) is 42.3 Å². The second-order valence-corrected chi connectivity index (χ2v) is 6.28. The van der Waals surface area contributed by atoms with Gasteiger partial charge in [0, 0.05) is 11.0 Å². The molecular formula is C15H19BrFNO2. The van der Waals surface area contributed by atoms with Gasteiger partial charge < -0.3 is 10.4 Å². The Kier molecular flexibility index (Phi) is 5.54. The molecule has 0 spiro atoms. The molecule has 5 heteroatoms. The highest BCUT2D eigenvalue weighted by atomic mass is 79.9. The Morgan fingerprint density at radius 2 is 2.05 bits per heavy atom. The van der Waals surface area contributed by atoms with E-state index in [-0.39, 0.29) is 11.7 Å². The van der Waals surface area contributed by atoms with Gasteiger partial charge in [0.15, 0.2) is 0 Å². The van der Waals surface area contributed by atoms with Gasteiger partial charge in [-0.3, -0.25) is 4.79 Å². The van der Waals surface area contributed by atoms with E-state index in [0.29, 0.717) is 12.5 Å². The molecule has 0 heterocycles. The lowest BCUT2D eigenvalue weighted by Crippen LogP contribution is -2.28. The van der Waals surface area contributed by atoms with Crippen LogP contribution >= 0.6 is 15.9 Å². The number of carbonyl (C=O) groups is 1. The van der Waals surface area contributed by atoms with Gasteiger partial charge in [-0.1, -0.05) is 22.0 Å². The number of aliphatic carboxylic acids is 1. The Balaban J connectivity index is 1.73. The summed E-state index contributed by atoms with van der Waals surface area (Å²) in [5, 5.41) is 12.3. The molecule has 0 aromatic heterocycles. The summed E-state index contributed by atoms with van der Waals surface area (Å²) < 4.78 is 13.7. The van der Waals surface area contributed by atoms with Crippen LogP contribution in [0.2, 0.25) is 0 Å². The standard InChI is InChI=1S/C15H19BrFNO2/c16-14-7-13(17)6-5-12(14)9-18-8-10-1-3-11(4-2-10)15(19)20/h5-7,10-11,18H,1-4,8-9H2,(H,19,20). The first-order valence-corrected chi connectivity index (χ1v) is 7.73. The molecule has 2 rings (SSSR count). The van der Waals surface area contributed by atoms with E-state index < -0.39 is 5.97 Å². The van der Waals surface area contributed by atoms with Gasteiger partial charge in [0.1, 0.15) is 5.82 Å². The lowest BCUT2D eigenvalue weighted by Gasteiger charge is -2.26. The van der Waals surface area contributed by atoms with Crippen molar-refractivity contribution in [1.82, 2.24) is 5.32 Å². The maximum Gasteiger partial charge on any atom is 0.306 e. The van der Waals surface area contributed by atoms with Crippen LogP contribution in [0.4, 0.5) is 4.39 Å². The molecule has 0 saturated heterocycles. The van der Waals surface area contributed by atoms with Gasteiger partial charge in [-0.25, -0.2) is 4.39 Å². The summed E-state index contributed by atoms with van der Waals surface area (Å²) in [6.07, 6.45) is 3.49. The van der Waals surface area contributed by atoms with Gasteiger partial charge >= 0.3 is 5.97 Å². The van der Waals surface area contributed by atoms with E-state index in [2.05, 4.69) is 21.2 Å². The Labute approximate surface area is 126 Å². The number of rotatable bonds is 5. The van der Waals surface area contributed by atoms with Crippen molar-refractivity contribution < 1.29 is 14.3 Å². The minimum atomic E-state index is -0.661. The van der Waals surface area contributed by atoms with Crippen molar-refractivity contribution in [3.8, 4) is 0 Å². The van der Waals surface area contributed by atoms with Crippen LogP contribution in [0.3, 0.4) is 0 Å². The zero-order valence-electron chi connectivity index (χ0n) is 11.2. The normalized spacial score (nSPS) is 22.7. The van der Waals surface area contributed by atoms with E-state index in [1.165, 1.54) is 12.1 Å². The van der Waals surface area contributed by atoms with Crippen LogP contribution in [-0.2, 0) is 11.3 Å². The molecule has 1 saturated carbocycles. The van der Waals surface area contributed by atoms with Crippen molar-refractivity contribution in [1.29, 1.82) is 0 Å². The fraction of sp³-hybridized carbons (Fsp3) is 0.533. The van der Waals surface area contributed by atoms with E-state index in [1.54, 1.807) is 6.07 Å². The number of nitrogens with one attached hydrogen (secondary N) is 1. The maximum atomic E-state index is 13.0. The van der Waals surface area contributed by atoms with Gasteiger partial charge in [-0.15, -0.1) is 0 Å².